The van der Waals surface area contributed by atoms with E-state index in [4.69, 9.17) is 5.26 Å². The van der Waals surface area contributed by atoms with Crippen molar-refractivity contribution in [1.82, 2.24) is 14.8 Å². The molecule has 1 aliphatic heterocycles. The quantitative estimate of drug-likeness (QED) is 0.510. The number of amides is 2. The second-order valence-electron chi connectivity index (χ2n) is 6.18. The number of benzene rings is 2. The Morgan fingerprint density at radius 3 is 2.29 bits per heavy atom. The van der Waals surface area contributed by atoms with Crippen molar-refractivity contribution in [3.05, 3.63) is 77.5 Å². The van der Waals surface area contributed by atoms with Crippen molar-refractivity contribution in [2.45, 2.75) is 13.0 Å². The molecule has 0 fully saturated rings. The number of carbonyl (C=O) groups is 2. The van der Waals surface area contributed by atoms with Gasteiger partial charge < -0.3 is 0 Å². The number of rotatable bonds is 5. The van der Waals surface area contributed by atoms with Crippen molar-refractivity contribution in [1.29, 1.82) is 5.26 Å². The molecule has 7 nitrogen and oxygen atoms in total. The Bertz CT molecular complexity index is 1090. The first-order chi connectivity index (χ1) is 13.7. The van der Waals surface area contributed by atoms with E-state index in [-0.39, 0.29) is 0 Å². The van der Waals surface area contributed by atoms with Crippen LogP contribution >= 0.6 is 0 Å². The van der Waals surface area contributed by atoms with E-state index in [9.17, 15) is 9.59 Å². The monoisotopic (exact) mass is 369 g/mol. The summed E-state index contributed by atoms with van der Waals surface area (Å²) < 4.78 is 1.66. The fourth-order valence-corrected chi connectivity index (χ4v) is 3.03. The van der Waals surface area contributed by atoms with Crippen LogP contribution in [0.4, 0.5) is 0 Å². The topological polar surface area (TPSA) is 91.4 Å². The Kier molecular flexibility index (Phi) is 4.52. The maximum Gasteiger partial charge on any atom is 0.282 e. The Balaban J connectivity index is 1.68. The number of hydrogen-bond donors (Lipinski definition) is 0. The molecule has 0 saturated heterocycles. The number of aromatic nitrogens is 2. The molecule has 0 atom stereocenters. The van der Waals surface area contributed by atoms with Gasteiger partial charge in [-0.2, -0.15) is 20.5 Å². The summed E-state index contributed by atoms with van der Waals surface area (Å²) in [6.07, 6.45) is 3.53. The fourth-order valence-electron chi connectivity index (χ4n) is 3.03. The maximum absolute atomic E-state index is 12.5. The zero-order valence-corrected chi connectivity index (χ0v) is 14.8. The van der Waals surface area contributed by atoms with E-state index in [0.717, 1.165) is 10.6 Å². The van der Waals surface area contributed by atoms with Crippen molar-refractivity contribution in [2.75, 3.05) is 0 Å². The van der Waals surface area contributed by atoms with Crippen LogP contribution < -0.4 is 0 Å². The standard InChI is InChI=1S/C21H15N5O2/c22-11-6-12-25-14-16(19(24-25)15-7-2-1-3-8-15)13-23-26-20(27)17-9-4-5-10-18(17)21(26)28/h1-5,7-10,13-14H,6,12H2/b23-13-. The Hall–Kier alpha value is -4.05. The van der Waals surface area contributed by atoms with E-state index in [1.165, 1.54) is 6.21 Å². The summed E-state index contributed by atoms with van der Waals surface area (Å²) in [5, 5.41) is 18.3. The average Bonchev–Trinajstić information content (AvgIpc) is 3.25. The number of imide groups is 1. The number of carbonyl (C=O) groups excluding carboxylic acids is 2. The minimum Gasteiger partial charge on any atom is -0.270 e. The summed E-state index contributed by atoms with van der Waals surface area (Å²) in [4.78, 5) is 24.9. The van der Waals surface area contributed by atoms with E-state index in [1.54, 1.807) is 35.1 Å². The Labute approximate surface area is 161 Å². The first kappa shape index (κ1) is 17.4. The van der Waals surface area contributed by atoms with E-state index in [0.29, 0.717) is 35.3 Å². The van der Waals surface area contributed by atoms with Gasteiger partial charge in [-0.1, -0.05) is 42.5 Å². The third-order valence-corrected chi connectivity index (χ3v) is 4.37. The number of hydrazone groups is 1. The molecule has 0 aliphatic carbocycles. The van der Waals surface area contributed by atoms with Crippen molar-refractivity contribution >= 4 is 18.0 Å². The first-order valence-corrected chi connectivity index (χ1v) is 8.70. The van der Waals surface area contributed by atoms with Gasteiger partial charge in [-0.05, 0) is 12.1 Å². The highest BCUT2D eigenvalue weighted by atomic mass is 16.2. The number of aryl methyl sites for hydroxylation is 1. The van der Waals surface area contributed by atoms with Gasteiger partial charge in [-0.3, -0.25) is 14.3 Å². The van der Waals surface area contributed by atoms with Crippen LogP contribution in [0.2, 0.25) is 0 Å². The number of fused-ring (bicyclic) bond motifs is 1. The maximum atomic E-state index is 12.5. The van der Waals surface area contributed by atoms with Crippen molar-refractivity contribution in [2.24, 2.45) is 5.10 Å². The van der Waals surface area contributed by atoms with E-state index in [1.807, 2.05) is 30.3 Å². The molecular weight excluding hydrogens is 354 g/mol. The number of hydrogen-bond acceptors (Lipinski definition) is 5. The molecule has 3 aromatic rings. The van der Waals surface area contributed by atoms with Crippen LogP contribution in [0.5, 0.6) is 0 Å². The van der Waals surface area contributed by atoms with Crippen LogP contribution in [0.3, 0.4) is 0 Å². The van der Waals surface area contributed by atoms with Crippen molar-refractivity contribution < 1.29 is 9.59 Å². The van der Waals surface area contributed by atoms with Crippen LogP contribution in [0.15, 0.2) is 65.9 Å². The zero-order chi connectivity index (χ0) is 19.5. The number of nitrogens with zero attached hydrogens (tertiary/aromatic N) is 5. The lowest BCUT2D eigenvalue weighted by Crippen LogP contribution is -2.24. The molecule has 1 aliphatic rings. The molecule has 0 radical (unpaired) electrons. The van der Waals surface area contributed by atoms with Gasteiger partial charge in [0.25, 0.3) is 11.8 Å². The summed E-state index contributed by atoms with van der Waals surface area (Å²) in [5.74, 6) is -0.898. The highest BCUT2D eigenvalue weighted by Gasteiger charge is 2.35. The van der Waals surface area contributed by atoms with Gasteiger partial charge in [0.05, 0.1) is 36.4 Å². The van der Waals surface area contributed by atoms with Gasteiger partial charge in [0.15, 0.2) is 0 Å². The van der Waals surface area contributed by atoms with Gasteiger partial charge in [-0.15, -0.1) is 0 Å². The minimum atomic E-state index is -0.449. The third kappa shape index (κ3) is 3.08. The predicted molar refractivity (Wildman–Crippen MR) is 102 cm³/mol. The summed E-state index contributed by atoms with van der Waals surface area (Å²) in [6.45, 7) is 0.442. The van der Waals surface area contributed by atoms with Crippen molar-refractivity contribution in [3.8, 4) is 17.3 Å². The van der Waals surface area contributed by atoms with Gasteiger partial charge >= 0.3 is 0 Å². The SMILES string of the molecule is N#CCCn1cc(/C=N\N2C(=O)c3ccccc3C2=O)c(-c2ccccc2)n1. The van der Waals surface area contributed by atoms with Crippen LogP contribution in [-0.4, -0.2) is 32.8 Å². The molecule has 28 heavy (non-hydrogen) atoms. The van der Waals surface area contributed by atoms with E-state index < -0.39 is 11.8 Å². The molecule has 7 heteroatoms. The molecule has 0 unspecified atom stereocenters. The van der Waals surface area contributed by atoms with E-state index >= 15 is 0 Å². The molecule has 0 saturated carbocycles. The summed E-state index contributed by atoms with van der Waals surface area (Å²) in [5.41, 5.74) is 2.89. The summed E-state index contributed by atoms with van der Waals surface area (Å²) in [6, 6.07) is 18.3. The van der Waals surface area contributed by atoms with Crippen LogP contribution in [0, 0.1) is 11.3 Å². The largest absolute Gasteiger partial charge is 0.282 e. The molecule has 0 bridgehead atoms. The molecule has 4 rings (SSSR count). The predicted octanol–water partition coefficient (Wildman–Crippen LogP) is 3.09. The first-order valence-electron chi connectivity index (χ1n) is 8.70. The van der Waals surface area contributed by atoms with E-state index in [2.05, 4.69) is 16.3 Å². The number of nitriles is 1. The van der Waals surface area contributed by atoms with Gasteiger partial charge in [0.2, 0.25) is 0 Å². The Morgan fingerprint density at radius 1 is 1.00 bits per heavy atom. The molecular formula is C21H15N5O2. The van der Waals surface area contributed by atoms with Crippen LogP contribution in [0.25, 0.3) is 11.3 Å². The fraction of sp³-hybridized carbons (Fsp3) is 0.0952. The third-order valence-electron chi connectivity index (χ3n) is 4.37. The lowest BCUT2D eigenvalue weighted by atomic mass is 10.1. The van der Waals surface area contributed by atoms with Gasteiger partial charge in [0, 0.05) is 17.3 Å². The lowest BCUT2D eigenvalue weighted by molar-refractivity contribution is 0.0660. The molecule has 2 heterocycles. The molecule has 2 aromatic carbocycles. The lowest BCUT2D eigenvalue weighted by Gasteiger charge is -2.05. The Morgan fingerprint density at radius 2 is 1.64 bits per heavy atom. The van der Waals surface area contributed by atoms with Crippen LogP contribution in [-0.2, 0) is 6.54 Å². The second kappa shape index (κ2) is 7.29. The highest BCUT2D eigenvalue weighted by molar-refractivity contribution is 6.21. The van der Waals surface area contributed by atoms with Crippen LogP contribution in [0.1, 0.15) is 32.7 Å². The van der Waals surface area contributed by atoms with Crippen molar-refractivity contribution in [3.63, 3.8) is 0 Å². The summed E-state index contributed by atoms with van der Waals surface area (Å²) >= 11 is 0. The summed E-state index contributed by atoms with van der Waals surface area (Å²) in [7, 11) is 0. The smallest absolute Gasteiger partial charge is 0.270 e. The molecule has 136 valence electrons. The second-order valence-corrected chi connectivity index (χ2v) is 6.18. The molecule has 0 N–H and O–H groups in total. The van der Waals surface area contributed by atoms with Gasteiger partial charge in [-0.25, -0.2) is 0 Å². The zero-order valence-electron chi connectivity index (χ0n) is 14.8. The normalized spacial score (nSPS) is 13.2. The molecule has 2 amide bonds. The average molecular weight is 369 g/mol. The highest BCUT2D eigenvalue weighted by Crippen LogP contribution is 2.24. The van der Waals surface area contributed by atoms with Gasteiger partial charge in [0.1, 0.15) is 5.69 Å². The molecule has 1 aromatic heterocycles. The molecule has 0 spiro atoms. The minimum absolute atomic E-state index is 0.324.